The fourth-order valence-electron chi connectivity index (χ4n) is 3.34. The van der Waals surface area contributed by atoms with Crippen molar-refractivity contribution in [3.8, 4) is 11.3 Å². The smallest absolute Gasteiger partial charge is 0.321 e. The Bertz CT molecular complexity index is 1030. The summed E-state index contributed by atoms with van der Waals surface area (Å²) in [6, 6.07) is 17.2. The predicted octanol–water partition coefficient (Wildman–Crippen LogP) is 4.51. The summed E-state index contributed by atoms with van der Waals surface area (Å²) in [5.74, 6) is -0.0363. The molecule has 3 aromatic rings. The van der Waals surface area contributed by atoms with Crippen LogP contribution in [0, 0.1) is 0 Å². The van der Waals surface area contributed by atoms with Gasteiger partial charge in [-0.2, -0.15) is 0 Å². The van der Waals surface area contributed by atoms with Gasteiger partial charge in [0.05, 0.1) is 5.69 Å². The van der Waals surface area contributed by atoms with Gasteiger partial charge in [0.25, 0.3) is 0 Å². The van der Waals surface area contributed by atoms with Crippen molar-refractivity contribution in [2.45, 2.75) is 13.3 Å². The standard InChI is InChI=1S/C23H25N5O2S/c1-2-21(29)24-18-8-10-19(11-9-18)25-22(30)27-12-14-28(15-13-27)23-26-20(16-31-23)17-6-4-3-5-7-17/h3-11,16H,2,12-15H2,1H3,(H,24,29)(H,25,30). The van der Waals surface area contributed by atoms with E-state index in [1.807, 2.05) is 23.1 Å². The predicted molar refractivity (Wildman–Crippen MR) is 126 cm³/mol. The third-order valence-corrected chi connectivity index (χ3v) is 6.04. The fraction of sp³-hybridized carbons (Fsp3) is 0.261. The van der Waals surface area contributed by atoms with Gasteiger partial charge in [0.1, 0.15) is 0 Å². The van der Waals surface area contributed by atoms with Gasteiger partial charge in [-0.25, -0.2) is 9.78 Å². The number of urea groups is 1. The van der Waals surface area contributed by atoms with Gasteiger partial charge in [-0.15, -0.1) is 11.3 Å². The molecule has 0 radical (unpaired) electrons. The Morgan fingerprint density at radius 1 is 0.935 bits per heavy atom. The van der Waals surface area contributed by atoms with Crippen LogP contribution >= 0.6 is 11.3 Å². The molecule has 0 aliphatic carbocycles. The highest BCUT2D eigenvalue weighted by atomic mass is 32.1. The molecule has 0 saturated carbocycles. The molecule has 31 heavy (non-hydrogen) atoms. The van der Waals surface area contributed by atoms with Crippen LogP contribution in [0.5, 0.6) is 0 Å². The molecule has 1 aliphatic rings. The minimum Gasteiger partial charge on any atom is -0.345 e. The van der Waals surface area contributed by atoms with Crippen molar-refractivity contribution >= 4 is 39.8 Å². The Kier molecular flexibility index (Phi) is 6.47. The number of benzene rings is 2. The van der Waals surface area contributed by atoms with E-state index in [1.165, 1.54) is 0 Å². The molecule has 7 nitrogen and oxygen atoms in total. The van der Waals surface area contributed by atoms with Crippen LogP contribution in [0.3, 0.4) is 0 Å². The number of anilines is 3. The molecule has 3 amide bonds. The maximum atomic E-state index is 12.6. The van der Waals surface area contributed by atoms with E-state index in [2.05, 4.69) is 33.0 Å². The van der Waals surface area contributed by atoms with Gasteiger partial charge >= 0.3 is 6.03 Å². The monoisotopic (exact) mass is 435 g/mol. The van der Waals surface area contributed by atoms with Gasteiger partial charge in [0.2, 0.25) is 5.91 Å². The van der Waals surface area contributed by atoms with Crippen molar-refractivity contribution < 1.29 is 9.59 Å². The van der Waals surface area contributed by atoms with E-state index in [0.717, 1.165) is 35.2 Å². The molecular weight excluding hydrogens is 410 g/mol. The van der Waals surface area contributed by atoms with Crippen LogP contribution in [-0.2, 0) is 4.79 Å². The molecule has 1 fully saturated rings. The lowest BCUT2D eigenvalue weighted by Crippen LogP contribution is -2.50. The third-order valence-electron chi connectivity index (χ3n) is 5.14. The zero-order valence-electron chi connectivity index (χ0n) is 17.4. The molecule has 8 heteroatoms. The maximum Gasteiger partial charge on any atom is 0.321 e. The molecule has 2 heterocycles. The second-order valence-electron chi connectivity index (χ2n) is 7.26. The topological polar surface area (TPSA) is 77.6 Å². The van der Waals surface area contributed by atoms with Crippen molar-refractivity contribution in [3.63, 3.8) is 0 Å². The van der Waals surface area contributed by atoms with Gasteiger partial charge in [-0.3, -0.25) is 4.79 Å². The average molecular weight is 436 g/mol. The van der Waals surface area contributed by atoms with Crippen LogP contribution in [0.2, 0.25) is 0 Å². The molecular formula is C23H25N5O2S. The number of carbonyl (C=O) groups excluding carboxylic acids is 2. The number of piperazine rings is 1. The number of nitrogens with one attached hydrogen (secondary N) is 2. The summed E-state index contributed by atoms with van der Waals surface area (Å²) < 4.78 is 0. The van der Waals surface area contributed by atoms with Crippen LogP contribution in [0.4, 0.5) is 21.3 Å². The number of carbonyl (C=O) groups is 2. The molecule has 0 bridgehead atoms. The van der Waals surface area contributed by atoms with Crippen molar-refractivity contribution in [3.05, 3.63) is 60.0 Å². The Morgan fingerprint density at radius 2 is 1.58 bits per heavy atom. The lowest BCUT2D eigenvalue weighted by atomic mass is 10.2. The van der Waals surface area contributed by atoms with Crippen molar-refractivity contribution in [1.82, 2.24) is 9.88 Å². The first-order valence-corrected chi connectivity index (χ1v) is 11.2. The van der Waals surface area contributed by atoms with Crippen molar-refractivity contribution in [2.24, 2.45) is 0 Å². The molecule has 0 atom stereocenters. The van der Waals surface area contributed by atoms with E-state index < -0.39 is 0 Å². The summed E-state index contributed by atoms with van der Waals surface area (Å²) in [7, 11) is 0. The number of hydrogen-bond acceptors (Lipinski definition) is 5. The first-order valence-electron chi connectivity index (χ1n) is 10.3. The van der Waals surface area contributed by atoms with Crippen LogP contribution in [-0.4, -0.2) is 48.0 Å². The fourth-order valence-corrected chi connectivity index (χ4v) is 4.23. The van der Waals surface area contributed by atoms with Gasteiger partial charge in [-0.1, -0.05) is 37.3 Å². The van der Waals surface area contributed by atoms with Crippen LogP contribution in [0.25, 0.3) is 11.3 Å². The number of hydrogen-bond donors (Lipinski definition) is 2. The largest absolute Gasteiger partial charge is 0.345 e. The first kappa shape index (κ1) is 20.9. The highest BCUT2D eigenvalue weighted by Gasteiger charge is 2.23. The number of rotatable bonds is 5. The lowest BCUT2D eigenvalue weighted by molar-refractivity contribution is -0.115. The Morgan fingerprint density at radius 3 is 2.23 bits per heavy atom. The minimum absolute atomic E-state index is 0.0363. The van der Waals surface area contributed by atoms with E-state index in [1.54, 1.807) is 42.5 Å². The number of amides is 3. The molecule has 0 unspecified atom stereocenters. The summed E-state index contributed by atoms with van der Waals surface area (Å²) in [4.78, 5) is 32.9. The quantitative estimate of drug-likeness (QED) is 0.618. The zero-order chi connectivity index (χ0) is 21.6. The van der Waals surface area contributed by atoms with E-state index in [4.69, 9.17) is 4.98 Å². The summed E-state index contributed by atoms with van der Waals surface area (Å²) in [6.45, 7) is 4.57. The maximum absolute atomic E-state index is 12.6. The first-order chi connectivity index (χ1) is 15.1. The van der Waals surface area contributed by atoms with E-state index in [9.17, 15) is 9.59 Å². The summed E-state index contributed by atoms with van der Waals surface area (Å²) >= 11 is 1.64. The van der Waals surface area contributed by atoms with Crippen LogP contribution in [0.1, 0.15) is 13.3 Å². The molecule has 1 aliphatic heterocycles. The van der Waals surface area contributed by atoms with Gasteiger partial charge < -0.3 is 20.4 Å². The molecule has 4 rings (SSSR count). The zero-order valence-corrected chi connectivity index (χ0v) is 18.2. The van der Waals surface area contributed by atoms with E-state index in [-0.39, 0.29) is 11.9 Å². The molecule has 1 saturated heterocycles. The highest BCUT2D eigenvalue weighted by molar-refractivity contribution is 7.14. The van der Waals surface area contributed by atoms with E-state index >= 15 is 0 Å². The number of aromatic nitrogens is 1. The second-order valence-corrected chi connectivity index (χ2v) is 8.10. The lowest BCUT2D eigenvalue weighted by Gasteiger charge is -2.34. The molecule has 2 N–H and O–H groups in total. The van der Waals surface area contributed by atoms with Crippen molar-refractivity contribution in [1.29, 1.82) is 0 Å². The van der Waals surface area contributed by atoms with Gasteiger partial charge in [0, 0.05) is 54.9 Å². The Labute approximate surface area is 185 Å². The molecule has 2 aromatic carbocycles. The van der Waals surface area contributed by atoms with Gasteiger partial charge in [-0.05, 0) is 24.3 Å². The van der Waals surface area contributed by atoms with Crippen LogP contribution in [0.15, 0.2) is 60.0 Å². The average Bonchev–Trinajstić information content (AvgIpc) is 3.31. The molecule has 160 valence electrons. The minimum atomic E-state index is -0.117. The summed E-state index contributed by atoms with van der Waals surface area (Å²) in [5.41, 5.74) is 3.52. The number of nitrogens with zero attached hydrogens (tertiary/aromatic N) is 3. The summed E-state index contributed by atoms with van der Waals surface area (Å²) in [6.07, 6.45) is 0.430. The Hall–Kier alpha value is -3.39. The highest BCUT2D eigenvalue weighted by Crippen LogP contribution is 2.28. The SMILES string of the molecule is CCC(=O)Nc1ccc(NC(=O)N2CCN(c3nc(-c4ccccc4)cs3)CC2)cc1. The number of thiazole rings is 1. The normalized spacial score (nSPS) is 13.7. The van der Waals surface area contributed by atoms with Crippen LogP contribution < -0.4 is 15.5 Å². The second kappa shape index (κ2) is 9.61. The van der Waals surface area contributed by atoms with Crippen molar-refractivity contribution in [2.75, 3.05) is 41.7 Å². The van der Waals surface area contributed by atoms with Gasteiger partial charge in [0.15, 0.2) is 5.13 Å². The molecule has 0 spiro atoms. The van der Waals surface area contributed by atoms with E-state index in [0.29, 0.717) is 25.2 Å². The Balaban J connectivity index is 1.29. The third kappa shape index (κ3) is 5.21. The molecule has 1 aromatic heterocycles. The summed E-state index contributed by atoms with van der Waals surface area (Å²) in [5, 5.41) is 8.79.